The van der Waals surface area contributed by atoms with E-state index in [0.29, 0.717) is 19.3 Å². The molecule has 0 aliphatic rings. The van der Waals surface area contributed by atoms with Gasteiger partial charge in [-0.1, -0.05) is 71.1 Å². The Hall–Kier alpha value is -0.0126. The standard InChI is InChI=1S/C18H36O4.Li/c1-2-3-4-5-7-10-13-16(19)17(20)14-11-8-6-9-12-15-18(21)22;/h16-17,19-20H,2-15H2,1H3,(H,21,22);/q;+1/p-1. The molecule has 132 valence electrons. The molecule has 0 saturated carbocycles. The normalized spacial score (nSPS) is 13.3. The van der Waals surface area contributed by atoms with Crippen molar-refractivity contribution >= 4 is 5.97 Å². The molecule has 0 bridgehead atoms. The number of hydrogen-bond acceptors (Lipinski definition) is 4. The van der Waals surface area contributed by atoms with Crippen LogP contribution in [0.1, 0.15) is 96.8 Å². The molecule has 0 aromatic heterocycles. The molecule has 0 aromatic carbocycles. The number of hydrogen-bond donors (Lipinski definition) is 2. The molecule has 2 unspecified atom stereocenters. The van der Waals surface area contributed by atoms with Crippen LogP contribution in [0.3, 0.4) is 0 Å². The van der Waals surface area contributed by atoms with Gasteiger partial charge in [-0.15, -0.1) is 0 Å². The molecule has 0 spiro atoms. The first-order chi connectivity index (χ1) is 10.6. The van der Waals surface area contributed by atoms with E-state index >= 15 is 0 Å². The van der Waals surface area contributed by atoms with Gasteiger partial charge in [-0.3, -0.25) is 0 Å². The summed E-state index contributed by atoms with van der Waals surface area (Å²) in [6, 6.07) is 0. The van der Waals surface area contributed by atoms with Crippen molar-refractivity contribution in [2.24, 2.45) is 0 Å². The summed E-state index contributed by atoms with van der Waals surface area (Å²) in [6.07, 6.45) is 11.8. The number of carbonyl (C=O) groups excluding carboxylic acids is 1. The second kappa shape index (κ2) is 18.3. The molecule has 23 heavy (non-hydrogen) atoms. The van der Waals surface area contributed by atoms with E-state index in [-0.39, 0.29) is 25.3 Å². The van der Waals surface area contributed by atoms with Crippen molar-refractivity contribution in [2.45, 2.75) is 109 Å². The molecule has 0 amide bonds. The summed E-state index contributed by atoms with van der Waals surface area (Å²) in [5.74, 6) is -0.978. The number of carbonyl (C=O) groups is 1. The van der Waals surface area contributed by atoms with Gasteiger partial charge in [0.2, 0.25) is 0 Å². The van der Waals surface area contributed by atoms with E-state index in [1.165, 1.54) is 25.7 Å². The van der Waals surface area contributed by atoms with Crippen LogP contribution >= 0.6 is 0 Å². The number of rotatable bonds is 16. The maximum Gasteiger partial charge on any atom is 1.00 e. The van der Waals surface area contributed by atoms with Crippen molar-refractivity contribution in [1.29, 1.82) is 0 Å². The summed E-state index contributed by atoms with van der Waals surface area (Å²) in [6.45, 7) is 2.20. The number of aliphatic hydroxyl groups is 2. The van der Waals surface area contributed by atoms with Crippen molar-refractivity contribution < 1.29 is 39.0 Å². The van der Waals surface area contributed by atoms with Gasteiger partial charge in [-0.2, -0.15) is 0 Å². The summed E-state index contributed by atoms with van der Waals surface area (Å²) < 4.78 is 0. The molecular formula is C18H35LiO4. The van der Waals surface area contributed by atoms with E-state index in [1.807, 2.05) is 0 Å². The van der Waals surface area contributed by atoms with Crippen LogP contribution in [0.4, 0.5) is 0 Å². The largest absolute Gasteiger partial charge is 1.00 e. The maximum absolute atomic E-state index is 10.2. The number of aliphatic carboxylic acids is 1. The number of aliphatic hydroxyl groups excluding tert-OH is 2. The minimum absolute atomic E-state index is 0. The monoisotopic (exact) mass is 322 g/mol. The summed E-state index contributed by atoms with van der Waals surface area (Å²) in [4.78, 5) is 10.2. The van der Waals surface area contributed by atoms with Crippen LogP contribution in [-0.2, 0) is 4.79 Å². The van der Waals surface area contributed by atoms with Gasteiger partial charge in [-0.05, 0) is 25.7 Å². The van der Waals surface area contributed by atoms with E-state index in [0.717, 1.165) is 38.5 Å². The minimum Gasteiger partial charge on any atom is -0.550 e. The Bertz CT molecular complexity index is 261. The molecule has 5 heteroatoms. The van der Waals surface area contributed by atoms with E-state index in [2.05, 4.69) is 6.92 Å². The molecule has 4 nitrogen and oxygen atoms in total. The molecule has 0 saturated heterocycles. The predicted molar refractivity (Wildman–Crippen MR) is 87.3 cm³/mol. The topological polar surface area (TPSA) is 80.6 Å². The number of carboxylic acids is 1. The predicted octanol–water partition coefficient (Wildman–Crippen LogP) is -0.0566. The summed E-state index contributed by atoms with van der Waals surface area (Å²) >= 11 is 0. The van der Waals surface area contributed by atoms with Gasteiger partial charge in [0, 0.05) is 5.97 Å². The Morgan fingerprint density at radius 3 is 1.61 bits per heavy atom. The van der Waals surface area contributed by atoms with E-state index in [9.17, 15) is 20.1 Å². The fourth-order valence-electron chi connectivity index (χ4n) is 2.67. The average Bonchev–Trinajstić information content (AvgIpc) is 2.49. The second-order valence-electron chi connectivity index (χ2n) is 6.37. The first-order valence-corrected chi connectivity index (χ1v) is 9.14. The Labute approximate surface area is 154 Å². The summed E-state index contributed by atoms with van der Waals surface area (Å²) in [7, 11) is 0. The van der Waals surface area contributed by atoms with Gasteiger partial charge in [0.15, 0.2) is 0 Å². The Morgan fingerprint density at radius 1 is 0.783 bits per heavy atom. The third-order valence-electron chi connectivity index (χ3n) is 4.18. The molecule has 2 atom stereocenters. The van der Waals surface area contributed by atoms with Crippen LogP contribution in [0.15, 0.2) is 0 Å². The minimum atomic E-state index is -0.978. The van der Waals surface area contributed by atoms with E-state index < -0.39 is 18.2 Å². The van der Waals surface area contributed by atoms with Crippen LogP contribution in [0, 0.1) is 0 Å². The zero-order valence-electron chi connectivity index (χ0n) is 15.3. The Balaban J connectivity index is 0. The first kappa shape index (κ1) is 25.2. The summed E-state index contributed by atoms with van der Waals surface area (Å²) in [5.41, 5.74) is 0. The fraction of sp³-hybridized carbons (Fsp3) is 0.944. The van der Waals surface area contributed by atoms with Gasteiger partial charge in [0.25, 0.3) is 0 Å². The molecule has 0 aliphatic heterocycles. The van der Waals surface area contributed by atoms with Gasteiger partial charge < -0.3 is 20.1 Å². The van der Waals surface area contributed by atoms with Crippen LogP contribution < -0.4 is 24.0 Å². The van der Waals surface area contributed by atoms with Crippen LogP contribution in [0.2, 0.25) is 0 Å². The second-order valence-corrected chi connectivity index (χ2v) is 6.37. The van der Waals surface area contributed by atoms with E-state index in [4.69, 9.17) is 0 Å². The van der Waals surface area contributed by atoms with Gasteiger partial charge in [-0.25, -0.2) is 0 Å². The number of carboxylic acid groups (broad SMARTS) is 1. The maximum atomic E-state index is 10.2. The zero-order chi connectivity index (χ0) is 16.6. The van der Waals surface area contributed by atoms with E-state index in [1.54, 1.807) is 0 Å². The quantitative estimate of drug-likeness (QED) is 0.308. The van der Waals surface area contributed by atoms with Crippen LogP contribution in [0.5, 0.6) is 0 Å². The van der Waals surface area contributed by atoms with Crippen LogP contribution in [0.25, 0.3) is 0 Å². The average molecular weight is 322 g/mol. The molecule has 0 fully saturated rings. The molecule has 0 heterocycles. The fourth-order valence-corrected chi connectivity index (χ4v) is 2.67. The molecular weight excluding hydrogens is 287 g/mol. The molecule has 0 aromatic rings. The smallest absolute Gasteiger partial charge is 0.550 e. The van der Waals surface area contributed by atoms with Gasteiger partial charge in [0.1, 0.15) is 0 Å². The van der Waals surface area contributed by atoms with Crippen molar-refractivity contribution in [3.63, 3.8) is 0 Å². The molecule has 2 N–H and O–H groups in total. The summed E-state index contributed by atoms with van der Waals surface area (Å²) in [5, 5.41) is 30.0. The molecule has 0 aliphatic carbocycles. The van der Waals surface area contributed by atoms with Crippen molar-refractivity contribution in [1.82, 2.24) is 0 Å². The Morgan fingerprint density at radius 2 is 1.17 bits per heavy atom. The Kier molecular flexibility index (Phi) is 20.1. The number of unbranched alkanes of at least 4 members (excludes halogenated alkanes) is 9. The third-order valence-corrected chi connectivity index (χ3v) is 4.18. The SMILES string of the molecule is CCCCCCCCC(O)C(O)CCCCCCCC(=O)[O-].[Li+]. The van der Waals surface area contributed by atoms with Crippen LogP contribution in [-0.4, -0.2) is 28.4 Å². The van der Waals surface area contributed by atoms with Gasteiger partial charge >= 0.3 is 18.9 Å². The van der Waals surface area contributed by atoms with Crippen molar-refractivity contribution in [2.75, 3.05) is 0 Å². The zero-order valence-corrected chi connectivity index (χ0v) is 15.3. The third kappa shape index (κ3) is 18.2. The van der Waals surface area contributed by atoms with Crippen molar-refractivity contribution in [3.8, 4) is 0 Å². The molecule has 0 radical (unpaired) electrons. The first-order valence-electron chi connectivity index (χ1n) is 9.14. The molecule has 0 rings (SSSR count). The van der Waals surface area contributed by atoms with Gasteiger partial charge in [0.05, 0.1) is 12.2 Å². The van der Waals surface area contributed by atoms with Crippen molar-refractivity contribution in [3.05, 3.63) is 0 Å².